The van der Waals surface area contributed by atoms with Gasteiger partial charge in [0.15, 0.2) is 19.5 Å². The molecule has 3 aromatic rings. The smallest absolute Gasteiger partial charge is 0.251 e. The summed E-state index contributed by atoms with van der Waals surface area (Å²) < 4.78 is 18.9. The molecule has 2 aromatic carbocycles. The van der Waals surface area contributed by atoms with E-state index in [2.05, 4.69) is 11.0 Å². The number of hydrogen-bond donors (Lipinski definition) is 0. The van der Waals surface area contributed by atoms with Gasteiger partial charge in [0.25, 0.3) is 5.56 Å². The number of fused-ring (bicyclic) bond motifs is 2. The fraction of sp³-hybridized carbons (Fsp3) is 0.444. The summed E-state index contributed by atoms with van der Waals surface area (Å²) in [6.07, 6.45) is 2.00. The summed E-state index contributed by atoms with van der Waals surface area (Å²) in [5.41, 5.74) is 2.07. The minimum atomic E-state index is 0.0218. The molecule has 0 spiro atoms. The Kier molecular flexibility index (Phi) is 7.30. The molecule has 1 saturated heterocycles. The SMILES string of the molecule is [B]N(Cc1ccc2c(c1)OCCO2)C1CCN(CCn2c(=O)ccc3c(OCC)cccc32)CC1. The second-order valence-corrected chi connectivity index (χ2v) is 9.17. The first-order valence-electron chi connectivity index (χ1n) is 12.5. The molecule has 2 aliphatic rings. The highest BCUT2D eigenvalue weighted by atomic mass is 16.6. The van der Waals surface area contributed by atoms with Crippen LogP contribution in [0.3, 0.4) is 0 Å². The van der Waals surface area contributed by atoms with Crippen LogP contribution in [0.25, 0.3) is 10.9 Å². The van der Waals surface area contributed by atoms with Crippen molar-refractivity contribution in [3.63, 3.8) is 0 Å². The Hall–Kier alpha value is -2.97. The van der Waals surface area contributed by atoms with E-state index in [9.17, 15) is 4.79 Å². The van der Waals surface area contributed by atoms with Crippen LogP contribution >= 0.6 is 0 Å². The van der Waals surface area contributed by atoms with Gasteiger partial charge >= 0.3 is 0 Å². The first-order valence-corrected chi connectivity index (χ1v) is 12.5. The highest BCUT2D eigenvalue weighted by Gasteiger charge is 2.23. The van der Waals surface area contributed by atoms with Gasteiger partial charge in [-0.1, -0.05) is 12.1 Å². The molecular formula is C27H32BN3O4. The Labute approximate surface area is 207 Å². The van der Waals surface area contributed by atoms with Gasteiger partial charge in [-0.15, -0.1) is 0 Å². The Balaban J connectivity index is 1.16. The van der Waals surface area contributed by atoms with Gasteiger partial charge in [0.1, 0.15) is 19.0 Å². The summed E-state index contributed by atoms with van der Waals surface area (Å²) in [6, 6.07) is 15.8. The minimum absolute atomic E-state index is 0.0218. The molecule has 0 amide bonds. The van der Waals surface area contributed by atoms with Crippen molar-refractivity contribution in [2.24, 2.45) is 0 Å². The molecule has 2 aliphatic heterocycles. The molecule has 8 heteroatoms. The molecule has 0 atom stereocenters. The molecule has 0 saturated carbocycles. The third-order valence-electron chi connectivity index (χ3n) is 6.93. The van der Waals surface area contributed by atoms with Crippen LogP contribution in [0, 0.1) is 0 Å². The van der Waals surface area contributed by atoms with Crippen LogP contribution in [-0.4, -0.2) is 67.8 Å². The number of piperidine rings is 1. The van der Waals surface area contributed by atoms with Crippen molar-refractivity contribution in [1.82, 2.24) is 14.3 Å². The average Bonchev–Trinajstić information content (AvgIpc) is 2.88. The van der Waals surface area contributed by atoms with Crippen molar-refractivity contribution in [3.05, 3.63) is 64.4 Å². The fourth-order valence-corrected chi connectivity index (χ4v) is 5.05. The first-order chi connectivity index (χ1) is 17.1. The number of likely N-dealkylation sites (tertiary alicyclic amines) is 1. The van der Waals surface area contributed by atoms with Crippen molar-refractivity contribution < 1.29 is 14.2 Å². The van der Waals surface area contributed by atoms with Crippen LogP contribution < -0.4 is 19.8 Å². The molecule has 35 heavy (non-hydrogen) atoms. The Morgan fingerprint density at radius 2 is 1.83 bits per heavy atom. The second kappa shape index (κ2) is 10.7. The molecule has 7 nitrogen and oxygen atoms in total. The topological polar surface area (TPSA) is 56.2 Å². The normalized spacial score (nSPS) is 16.6. The summed E-state index contributed by atoms with van der Waals surface area (Å²) in [6.45, 7) is 7.83. The summed E-state index contributed by atoms with van der Waals surface area (Å²) in [7, 11) is 6.47. The third-order valence-corrected chi connectivity index (χ3v) is 6.93. The van der Waals surface area contributed by atoms with Crippen LogP contribution in [0.15, 0.2) is 53.3 Å². The summed E-state index contributed by atoms with van der Waals surface area (Å²) in [4.78, 5) is 17.0. The van der Waals surface area contributed by atoms with Crippen molar-refractivity contribution in [3.8, 4) is 17.2 Å². The lowest BCUT2D eigenvalue weighted by Gasteiger charge is -2.37. The summed E-state index contributed by atoms with van der Waals surface area (Å²) >= 11 is 0. The number of ether oxygens (including phenoxy) is 3. The number of benzene rings is 2. The lowest BCUT2D eigenvalue weighted by Crippen LogP contribution is -2.44. The molecular weight excluding hydrogens is 441 g/mol. The molecule has 2 radical (unpaired) electrons. The third kappa shape index (κ3) is 5.33. The summed E-state index contributed by atoms with van der Waals surface area (Å²) in [5.74, 6) is 2.42. The highest BCUT2D eigenvalue weighted by Crippen LogP contribution is 2.31. The Morgan fingerprint density at radius 1 is 1.03 bits per heavy atom. The number of hydrogen-bond acceptors (Lipinski definition) is 6. The van der Waals surface area contributed by atoms with Crippen LogP contribution in [0.5, 0.6) is 17.2 Å². The van der Waals surface area contributed by atoms with Gasteiger partial charge in [-0.05, 0) is 68.8 Å². The maximum Gasteiger partial charge on any atom is 0.251 e. The average molecular weight is 473 g/mol. The van der Waals surface area contributed by atoms with Gasteiger partial charge in [-0.2, -0.15) is 0 Å². The van der Waals surface area contributed by atoms with Gasteiger partial charge in [0.2, 0.25) is 0 Å². The van der Waals surface area contributed by atoms with Crippen LogP contribution in [0.1, 0.15) is 25.3 Å². The van der Waals surface area contributed by atoms with E-state index in [-0.39, 0.29) is 5.56 Å². The quantitative estimate of drug-likeness (QED) is 0.469. The predicted octanol–water partition coefficient (Wildman–Crippen LogP) is 3.22. The van der Waals surface area contributed by atoms with Crippen LogP contribution in [0.4, 0.5) is 0 Å². The Bertz CT molecular complexity index is 1220. The standard InChI is InChI=1S/C27H32BN3O4/c1-2-33-24-5-3-4-23-22(24)7-9-27(32)30(23)15-14-29-12-10-21(11-13-29)31(28)19-20-6-8-25-26(18-20)35-17-16-34-25/h3-9,18,21H,2,10-17,19H2,1H3. The zero-order valence-corrected chi connectivity index (χ0v) is 20.3. The van der Waals surface area contributed by atoms with Crippen LogP contribution in [0.2, 0.25) is 0 Å². The van der Waals surface area contributed by atoms with E-state index in [0.29, 0.717) is 39.0 Å². The van der Waals surface area contributed by atoms with E-state index in [1.54, 1.807) is 6.07 Å². The highest BCUT2D eigenvalue weighted by molar-refractivity contribution is 6.04. The number of nitrogens with zero attached hydrogens (tertiary/aromatic N) is 3. The molecule has 3 heterocycles. The lowest BCUT2D eigenvalue weighted by molar-refractivity contribution is 0.153. The maximum absolute atomic E-state index is 12.6. The lowest BCUT2D eigenvalue weighted by atomic mass is 9.99. The van der Waals surface area contributed by atoms with Crippen molar-refractivity contribution in [2.75, 3.05) is 39.5 Å². The molecule has 1 aromatic heterocycles. The van der Waals surface area contributed by atoms with E-state index in [4.69, 9.17) is 22.2 Å². The first kappa shape index (κ1) is 23.8. The van der Waals surface area contributed by atoms with E-state index in [1.165, 1.54) is 0 Å². The van der Waals surface area contributed by atoms with E-state index in [0.717, 1.165) is 66.2 Å². The van der Waals surface area contributed by atoms with Gasteiger partial charge in [0, 0.05) is 37.1 Å². The molecule has 0 bridgehead atoms. The molecule has 5 rings (SSSR count). The zero-order chi connectivity index (χ0) is 24.2. The van der Waals surface area contributed by atoms with E-state index < -0.39 is 0 Å². The molecule has 1 fully saturated rings. The number of aromatic nitrogens is 1. The second-order valence-electron chi connectivity index (χ2n) is 9.17. The maximum atomic E-state index is 12.6. The van der Waals surface area contributed by atoms with Gasteiger partial charge in [-0.3, -0.25) is 4.79 Å². The number of rotatable bonds is 8. The van der Waals surface area contributed by atoms with Gasteiger partial charge in [-0.25, -0.2) is 0 Å². The fourth-order valence-electron chi connectivity index (χ4n) is 5.05. The molecule has 182 valence electrons. The minimum Gasteiger partial charge on any atom is -0.493 e. The van der Waals surface area contributed by atoms with Crippen molar-refractivity contribution >= 4 is 18.9 Å². The van der Waals surface area contributed by atoms with Crippen molar-refractivity contribution in [1.29, 1.82) is 0 Å². The zero-order valence-electron chi connectivity index (χ0n) is 20.3. The summed E-state index contributed by atoms with van der Waals surface area (Å²) in [5, 5.41) is 0.977. The Morgan fingerprint density at radius 3 is 2.63 bits per heavy atom. The monoisotopic (exact) mass is 473 g/mol. The molecule has 0 unspecified atom stereocenters. The van der Waals surface area contributed by atoms with Gasteiger partial charge < -0.3 is 28.5 Å². The predicted molar refractivity (Wildman–Crippen MR) is 138 cm³/mol. The largest absolute Gasteiger partial charge is 0.493 e. The molecule has 0 aliphatic carbocycles. The van der Waals surface area contributed by atoms with E-state index >= 15 is 0 Å². The molecule has 0 N–H and O–H groups in total. The van der Waals surface area contributed by atoms with Gasteiger partial charge in [0.05, 0.1) is 12.1 Å². The van der Waals surface area contributed by atoms with Crippen LogP contribution in [-0.2, 0) is 13.1 Å². The number of pyridine rings is 1. The van der Waals surface area contributed by atoms with E-state index in [1.807, 2.05) is 52.7 Å². The van der Waals surface area contributed by atoms with Crippen molar-refractivity contribution in [2.45, 2.75) is 38.9 Å².